The molecule has 23 heavy (non-hydrogen) atoms. The van der Waals surface area contributed by atoms with E-state index in [-0.39, 0.29) is 24.0 Å². The molecule has 0 radical (unpaired) electrons. The average molecular weight is 431 g/mol. The summed E-state index contributed by atoms with van der Waals surface area (Å²) in [5.74, 6) is 0.901. The fraction of sp³-hybridized carbons (Fsp3) is 0.611. The van der Waals surface area contributed by atoms with Crippen LogP contribution in [0.5, 0.6) is 0 Å². The van der Waals surface area contributed by atoms with Crippen LogP contribution in [0.15, 0.2) is 29.3 Å². The first kappa shape index (κ1) is 20.2. The quantitative estimate of drug-likeness (QED) is 0.409. The van der Waals surface area contributed by atoms with Gasteiger partial charge < -0.3 is 15.4 Å². The monoisotopic (exact) mass is 431 g/mol. The zero-order valence-corrected chi connectivity index (χ0v) is 16.6. The van der Waals surface area contributed by atoms with Crippen molar-refractivity contribution in [3.63, 3.8) is 0 Å². The lowest BCUT2D eigenvalue weighted by Gasteiger charge is -2.25. The maximum absolute atomic E-state index is 5.54. The minimum atomic E-state index is 0. The molecule has 4 nitrogen and oxygen atoms in total. The van der Waals surface area contributed by atoms with Crippen LogP contribution in [0.1, 0.15) is 50.2 Å². The Morgan fingerprint density at radius 3 is 2.52 bits per heavy atom. The van der Waals surface area contributed by atoms with Gasteiger partial charge in [-0.1, -0.05) is 43.5 Å². The molecule has 2 N–H and O–H groups in total. The second-order valence-corrected chi connectivity index (χ2v) is 5.81. The SMILES string of the molecule is CCOCc1ccccc1CNC(=NC)NC1CCCCC1.I. The van der Waals surface area contributed by atoms with E-state index in [4.69, 9.17) is 4.74 Å². The van der Waals surface area contributed by atoms with Gasteiger partial charge in [-0.25, -0.2) is 0 Å². The van der Waals surface area contributed by atoms with E-state index >= 15 is 0 Å². The third kappa shape index (κ3) is 7.08. The molecule has 0 spiro atoms. The first-order valence-corrected chi connectivity index (χ1v) is 8.45. The number of benzene rings is 1. The highest BCUT2D eigenvalue weighted by Gasteiger charge is 2.14. The van der Waals surface area contributed by atoms with Gasteiger partial charge in [0, 0.05) is 26.2 Å². The molecule has 0 aromatic heterocycles. The molecule has 1 saturated carbocycles. The molecular formula is C18H30IN3O. The van der Waals surface area contributed by atoms with Crippen molar-refractivity contribution in [3.8, 4) is 0 Å². The van der Waals surface area contributed by atoms with Crippen LogP contribution >= 0.6 is 24.0 Å². The lowest BCUT2D eigenvalue weighted by molar-refractivity contribution is 0.133. The Kier molecular flexibility index (Phi) is 10.3. The molecule has 1 aromatic rings. The molecule has 0 amide bonds. The Hall–Kier alpha value is -0.820. The van der Waals surface area contributed by atoms with Crippen molar-refractivity contribution in [3.05, 3.63) is 35.4 Å². The molecule has 0 unspecified atom stereocenters. The molecule has 1 aliphatic carbocycles. The lowest BCUT2D eigenvalue weighted by Crippen LogP contribution is -2.43. The lowest BCUT2D eigenvalue weighted by atomic mass is 9.96. The summed E-state index contributed by atoms with van der Waals surface area (Å²) in [6, 6.07) is 8.98. The summed E-state index contributed by atoms with van der Waals surface area (Å²) in [7, 11) is 1.84. The summed E-state index contributed by atoms with van der Waals surface area (Å²) in [5.41, 5.74) is 2.51. The van der Waals surface area contributed by atoms with Gasteiger partial charge in [0.2, 0.25) is 0 Å². The van der Waals surface area contributed by atoms with Crippen LogP contribution < -0.4 is 10.6 Å². The van der Waals surface area contributed by atoms with Crippen molar-refractivity contribution < 1.29 is 4.74 Å². The molecule has 5 heteroatoms. The predicted molar refractivity (Wildman–Crippen MR) is 107 cm³/mol. The van der Waals surface area contributed by atoms with Crippen molar-refractivity contribution >= 4 is 29.9 Å². The zero-order valence-electron chi connectivity index (χ0n) is 14.3. The summed E-state index contributed by atoms with van der Waals surface area (Å²) in [5, 5.41) is 6.98. The van der Waals surface area contributed by atoms with E-state index in [1.807, 2.05) is 14.0 Å². The fourth-order valence-electron chi connectivity index (χ4n) is 2.90. The van der Waals surface area contributed by atoms with Crippen LogP contribution in [-0.2, 0) is 17.9 Å². The number of ether oxygens (including phenoxy) is 1. The number of halogens is 1. The van der Waals surface area contributed by atoms with Gasteiger partial charge in [0.25, 0.3) is 0 Å². The third-order valence-corrected chi connectivity index (χ3v) is 4.20. The molecule has 0 aliphatic heterocycles. The second kappa shape index (κ2) is 11.7. The van der Waals surface area contributed by atoms with E-state index in [1.165, 1.54) is 43.2 Å². The maximum Gasteiger partial charge on any atom is 0.191 e. The number of rotatable bonds is 6. The van der Waals surface area contributed by atoms with Crippen molar-refractivity contribution in [1.29, 1.82) is 0 Å². The Morgan fingerprint density at radius 2 is 1.87 bits per heavy atom. The van der Waals surface area contributed by atoms with Gasteiger partial charge >= 0.3 is 0 Å². The minimum absolute atomic E-state index is 0. The van der Waals surface area contributed by atoms with Gasteiger partial charge in [0.05, 0.1) is 6.61 Å². The molecule has 0 saturated heterocycles. The van der Waals surface area contributed by atoms with E-state index in [0.29, 0.717) is 12.6 Å². The first-order chi connectivity index (χ1) is 10.8. The van der Waals surface area contributed by atoms with E-state index in [0.717, 1.165) is 19.1 Å². The highest BCUT2D eigenvalue weighted by atomic mass is 127. The van der Waals surface area contributed by atoms with Crippen molar-refractivity contribution in [2.45, 2.75) is 58.2 Å². The van der Waals surface area contributed by atoms with Gasteiger partial charge in [-0.3, -0.25) is 4.99 Å². The minimum Gasteiger partial charge on any atom is -0.377 e. The van der Waals surface area contributed by atoms with Gasteiger partial charge in [-0.15, -0.1) is 24.0 Å². The molecule has 0 atom stereocenters. The molecule has 2 rings (SSSR count). The van der Waals surface area contributed by atoms with Crippen LogP contribution in [-0.4, -0.2) is 25.7 Å². The number of aliphatic imine (C=N–C) groups is 1. The Morgan fingerprint density at radius 1 is 1.17 bits per heavy atom. The van der Waals surface area contributed by atoms with Crippen molar-refractivity contribution in [2.75, 3.05) is 13.7 Å². The number of nitrogens with one attached hydrogen (secondary N) is 2. The van der Waals surface area contributed by atoms with Gasteiger partial charge in [0.1, 0.15) is 0 Å². The summed E-state index contributed by atoms with van der Waals surface area (Å²) in [6.07, 6.45) is 6.52. The highest BCUT2D eigenvalue weighted by molar-refractivity contribution is 14.0. The molecule has 1 fully saturated rings. The summed E-state index contributed by atoms with van der Waals surface area (Å²) < 4.78 is 5.54. The Balaban J connectivity index is 0.00000264. The molecular weight excluding hydrogens is 401 g/mol. The zero-order chi connectivity index (χ0) is 15.6. The predicted octanol–water partition coefficient (Wildman–Crippen LogP) is 3.84. The molecule has 1 aromatic carbocycles. The summed E-state index contributed by atoms with van der Waals surface area (Å²) in [6.45, 7) is 4.21. The van der Waals surface area contributed by atoms with Crippen LogP contribution in [0.25, 0.3) is 0 Å². The normalized spacial score (nSPS) is 15.8. The summed E-state index contributed by atoms with van der Waals surface area (Å²) >= 11 is 0. The van der Waals surface area contributed by atoms with Crippen LogP contribution in [0, 0.1) is 0 Å². The Labute approximate surface area is 157 Å². The van der Waals surface area contributed by atoms with Crippen LogP contribution in [0.2, 0.25) is 0 Å². The van der Waals surface area contributed by atoms with E-state index in [1.54, 1.807) is 0 Å². The topological polar surface area (TPSA) is 45.6 Å². The largest absolute Gasteiger partial charge is 0.377 e. The molecule has 0 heterocycles. The van der Waals surface area contributed by atoms with Gasteiger partial charge in [-0.05, 0) is 30.9 Å². The van der Waals surface area contributed by atoms with Crippen LogP contribution in [0.4, 0.5) is 0 Å². The Bertz CT molecular complexity index is 473. The smallest absolute Gasteiger partial charge is 0.191 e. The number of hydrogen-bond donors (Lipinski definition) is 2. The average Bonchev–Trinajstić information content (AvgIpc) is 2.58. The fourth-order valence-corrected chi connectivity index (χ4v) is 2.90. The number of guanidine groups is 1. The third-order valence-electron chi connectivity index (χ3n) is 4.20. The van der Waals surface area contributed by atoms with Crippen molar-refractivity contribution in [2.24, 2.45) is 4.99 Å². The maximum atomic E-state index is 5.54. The van der Waals surface area contributed by atoms with Crippen molar-refractivity contribution in [1.82, 2.24) is 10.6 Å². The highest BCUT2D eigenvalue weighted by Crippen LogP contribution is 2.17. The van der Waals surface area contributed by atoms with Crippen LogP contribution in [0.3, 0.4) is 0 Å². The number of nitrogens with zero attached hydrogens (tertiary/aromatic N) is 1. The molecule has 0 bridgehead atoms. The summed E-state index contributed by atoms with van der Waals surface area (Å²) in [4.78, 5) is 4.35. The first-order valence-electron chi connectivity index (χ1n) is 8.45. The van der Waals surface area contributed by atoms with Gasteiger partial charge in [0.15, 0.2) is 5.96 Å². The number of hydrogen-bond acceptors (Lipinski definition) is 2. The molecule has 130 valence electrons. The standard InChI is InChI=1S/C18H29N3O.HI/c1-3-22-14-16-10-8-7-9-15(16)13-20-18(19-2)21-17-11-5-4-6-12-17;/h7-10,17H,3-6,11-14H2,1-2H3,(H2,19,20,21);1H. The molecule has 1 aliphatic rings. The van der Waals surface area contributed by atoms with E-state index < -0.39 is 0 Å². The van der Waals surface area contributed by atoms with E-state index in [2.05, 4.69) is 39.9 Å². The second-order valence-electron chi connectivity index (χ2n) is 5.81. The van der Waals surface area contributed by atoms with E-state index in [9.17, 15) is 0 Å². The van der Waals surface area contributed by atoms with Gasteiger partial charge in [-0.2, -0.15) is 0 Å².